The van der Waals surface area contributed by atoms with Crippen molar-refractivity contribution in [1.29, 1.82) is 0 Å². The molecule has 0 bridgehead atoms. The first-order chi connectivity index (χ1) is 7.69. The van der Waals surface area contributed by atoms with Crippen LogP contribution in [0.25, 0.3) is 16.5 Å². The first kappa shape index (κ1) is 12.2. The van der Waals surface area contributed by atoms with Crippen LogP contribution in [0.4, 0.5) is 0 Å². The van der Waals surface area contributed by atoms with E-state index in [1.54, 1.807) is 24.3 Å². The van der Waals surface area contributed by atoms with E-state index in [1.165, 1.54) is 7.11 Å². The first-order valence-electron chi connectivity index (χ1n) is 4.43. The Balaban J connectivity index is 2.93. The normalized spacial score (nSPS) is 10.1. The molecule has 0 aliphatic heterocycles. The molecule has 0 radical (unpaired) electrons. The summed E-state index contributed by atoms with van der Waals surface area (Å²) in [5.74, 6) is 0.215. The van der Waals surface area contributed by atoms with E-state index in [-0.39, 0.29) is 17.3 Å². The predicted octanol–water partition coefficient (Wildman–Crippen LogP) is 3.38. The third-order valence-electron chi connectivity index (χ3n) is 1.83. The largest absolute Gasteiger partial charge is 0.503 e. The van der Waals surface area contributed by atoms with E-state index >= 15 is 0 Å². The smallest absolute Gasteiger partial charge is 0.176 e. The highest BCUT2D eigenvalue weighted by Gasteiger charge is 2.06. The Morgan fingerprint density at radius 3 is 3.00 bits per heavy atom. The van der Waals surface area contributed by atoms with Crippen LogP contribution in [0.1, 0.15) is 5.56 Å². The molecule has 1 aromatic carbocycles. The number of nitrogens with zero attached hydrogens (tertiary/aromatic N) is 3. The highest BCUT2D eigenvalue weighted by Crippen LogP contribution is 2.35. The van der Waals surface area contributed by atoms with Crippen molar-refractivity contribution in [3.8, 4) is 11.5 Å². The van der Waals surface area contributed by atoms with Gasteiger partial charge in [0.2, 0.25) is 0 Å². The number of hydrogen-bond donors (Lipinski definition) is 1. The van der Waals surface area contributed by atoms with E-state index in [0.29, 0.717) is 5.75 Å². The summed E-state index contributed by atoms with van der Waals surface area (Å²) >= 11 is 5.79. The summed E-state index contributed by atoms with van der Waals surface area (Å²) in [6.45, 7) is 0.261. The number of phenols is 1. The highest BCUT2D eigenvalue weighted by atomic mass is 35.5. The van der Waals surface area contributed by atoms with Gasteiger partial charge >= 0.3 is 0 Å². The lowest BCUT2D eigenvalue weighted by atomic mass is 10.2. The average Bonchev–Trinajstić information content (AvgIpc) is 2.29. The quantitative estimate of drug-likeness (QED) is 0.497. The number of benzene rings is 1. The van der Waals surface area contributed by atoms with E-state index < -0.39 is 0 Å². The first-order valence-corrected chi connectivity index (χ1v) is 4.80. The number of ether oxygens (including phenoxy) is 1. The molecule has 84 valence electrons. The highest BCUT2D eigenvalue weighted by molar-refractivity contribution is 6.32. The molecule has 0 amide bonds. The van der Waals surface area contributed by atoms with Gasteiger partial charge in [-0.25, -0.2) is 0 Å². The van der Waals surface area contributed by atoms with Gasteiger partial charge in [0.1, 0.15) is 0 Å². The van der Waals surface area contributed by atoms with Gasteiger partial charge in [0.15, 0.2) is 11.5 Å². The fourth-order valence-electron chi connectivity index (χ4n) is 1.12. The Labute approximate surface area is 97.5 Å². The predicted molar refractivity (Wildman–Crippen MR) is 62.7 cm³/mol. The van der Waals surface area contributed by atoms with Crippen LogP contribution in [0, 0.1) is 0 Å². The summed E-state index contributed by atoms with van der Waals surface area (Å²) in [7, 11) is 1.44. The van der Waals surface area contributed by atoms with Crippen LogP contribution in [0.5, 0.6) is 11.5 Å². The summed E-state index contributed by atoms with van der Waals surface area (Å²) in [5.41, 5.74) is 8.83. The molecule has 0 saturated carbocycles. The van der Waals surface area contributed by atoms with Crippen molar-refractivity contribution in [2.75, 3.05) is 13.7 Å². The number of halogens is 1. The molecule has 0 spiro atoms. The van der Waals surface area contributed by atoms with Gasteiger partial charge in [-0.2, -0.15) is 0 Å². The van der Waals surface area contributed by atoms with Crippen molar-refractivity contribution in [2.45, 2.75) is 0 Å². The molecule has 0 heterocycles. The molecule has 0 saturated heterocycles. The molecule has 6 heteroatoms. The number of methoxy groups -OCH3 is 1. The Morgan fingerprint density at radius 2 is 2.38 bits per heavy atom. The molecule has 0 aliphatic rings. The fourth-order valence-corrected chi connectivity index (χ4v) is 1.34. The summed E-state index contributed by atoms with van der Waals surface area (Å²) < 4.78 is 4.94. The molecule has 0 unspecified atom stereocenters. The topological polar surface area (TPSA) is 78.2 Å². The second-order valence-electron chi connectivity index (χ2n) is 2.87. The second-order valence-corrected chi connectivity index (χ2v) is 3.28. The standard InChI is InChI=1S/C10H10ClN3O2/c1-16-9-6-7(3-2-4-13-14-12)5-8(11)10(9)15/h2-3,5-6,15H,4H2,1H3. The lowest BCUT2D eigenvalue weighted by molar-refractivity contribution is 0.373. The van der Waals surface area contributed by atoms with Crippen molar-refractivity contribution in [3.05, 3.63) is 39.2 Å². The summed E-state index contributed by atoms with van der Waals surface area (Å²) in [4.78, 5) is 2.62. The molecule has 16 heavy (non-hydrogen) atoms. The number of hydrogen-bond acceptors (Lipinski definition) is 3. The molecule has 0 atom stereocenters. The van der Waals surface area contributed by atoms with Crippen LogP contribution < -0.4 is 4.74 Å². The van der Waals surface area contributed by atoms with Gasteiger partial charge in [-0.15, -0.1) is 0 Å². The van der Waals surface area contributed by atoms with Gasteiger partial charge in [-0.1, -0.05) is 28.9 Å². The van der Waals surface area contributed by atoms with Gasteiger partial charge in [0.25, 0.3) is 0 Å². The number of azide groups is 1. The minimum absolute atomic E-state index is 0.0867. The fraction of sp³-hybridized carbons (Fsp3) is 0.200. The summed E-state index contributed by atoms with van der Waals surface area (Å²) in [6.07, 6.45) is 3.41. The Morgan fingerprint density at radius 1 is 1.62 bits per heavy atom. The van der Waals surface area contributed by atoms with Crippen LogP contribution in [-0.4, -0.2) is 18.8 Å². The van der Waals surface area contributed by atoms with Crippen molar-refractivity contribution in [1.82, 2.24) is 0 Å². The molecule has 5 nitrogen and oxygen atoms in total. The Kier molecular flexibility index (Phi) is 4.51. The Bertz CT molecular complexity index is 454. The van der Waals surface area contributed by atoms with Crippen LogP contribution >= 0.6 is 11.6 Å². The zero-order valence-electron chi connectivity index (χ0n) is 8.59. The molecule has 1 aromatic rings. The average molecular weight is 240 g/mol. The van der Waals surface area contributed by atoms with Gasteiger partial charge in [-0.3, -0.25) is 0 Å². The third kappa shape index (κ3) is 3.08. The van der Waals surface area contributed by atoms with E-state index in [0.717, 1.165) is 5.56 Å². The van der Waals surface area contributed by atoms with E-state index in [1.807, 2.05) is 0 Å². The van der Waals surface area contributed by atoms with E-state index in [2.05, 4.69) is 10.0 Å². The molecule has 0 aromatic heterocycles. The van der Waals surface area contributed by atoms with Crippen molar-refractivity contribution < 1.29 is 9.84 Å². The molecular formula is C10H10ClN3O2. The number of aromatic hydroxyl groups is 1. The maximum atomic E-state index is 9.48. The second kappa shape index (κ2) is 5.90. The minimum Gasteiger partial charge on any atom is -0.503 e. The van der Waals surface area contributed by atoms with Gasteiger partial charge in [0, 0.05) is 11.5 Å². The zero-order chi connectivity index (χ0) is 12.0. The van der Waals surface area contributed by atoms with Crippen LogP contribution in [0.3, 0.4) is 0 Å². The molecular weight excluding hydrogens is 230 g/mol. The third-order valence-corrected chi connectivity index (χ3v) is 2.12. The summed E-state index contributed by atoms with van der Waals surface area (Å²) in [6, 6.07) is 3.22. The number of phenolic OH excluding ortho intramolecular Hbond substituents is 1. The minimum atomic E-state index is -0.0867. The van der Waals surface area contributed by atoms with Gasteiger partial charge in [-0.05, 0) is 23.2 Å². The van der Waals surface area contributed by atoms with Gasteiger partial charge < -0.3 is 9.84 Å². The van der Waals surface area contributed by atoms with Crippen LogP contribution in [0.2, 0.25) is 5.02 Å². The molecule has 0 aliphatic carbocycles. The monoisotopic (exact) mass is 239 g/mol. The lowest BCUT2D eigenvalue weighted by Gasteiger charge is -2.06. The molecule has 1 rings (SSSR count). The van der Waals surface area contributed by atoms with Crippen molar-refractivity contribution >= 4 is 17.7 Å². The lowest BCUT2D eigenvalue weighted by Crippen LogP contribution is -1.85. The van der Waals surface area contributed by atoms with E-state index in [4.69, 9.17) is 21.9 Å². The van der Waals surface area contributed by atoms with Gasteiger partial charge in [0.05, 0.1) is 12.1 Å². The van der Waals surface area contributed by atoms with E-state index in [9.17, 15) is 5.11 Å². The maximum absolute atomic E-state index is 9.48. The van der Waals surface area contributed by atoms with Crippen LogP contribution in [-0.2, 0) is 0 Å². The van der Waals surface area contributed by atoms with Crippen molar-refractivity contribution in [3.63, 3.8) is 0 Å². The number of rotatable bonds is 4. The zero-order valence-corrected chi connectivity index (χ0v) is 9.35. The van der Waals surface area contributed by atoms with Crippen molar-refractivity contribution in [2.24, 2.45) is 5.11 Å². The van der Waals surface area contributed by atoms with Crippen LogP contribution in [0.15, 0.2) is 23.3 Å². The molecule has 1 N–H and O–H groups in total. The maximum Gasteiger partial charge on any atom is 0.176 e. The SMILES string of the molecule is COc1cc(C=CCN=[N+]=[N-])cc(Cl)c1O. The Hall–Kier alpha value is -1.84. The summed E-state index contributed by atoms with van der Waals surface area (Å²) in [5, 5.41) is 13.0. The molecule has 0 fully saturated rings.